The second-order valence-electron chi connectivity index (χ2n) is 4.86. The third kappa shape index (κ3) is 3.85. The molecular formula is C17H18O6S2. The molecule has 0 heterocycles. The lowest BCUT2D eigenvalue weighted by atomic mass is 10.3. The van der Waals surface area contributed by atoms with Gasteiger partial charge >= 0.3 is 0 Å². The zero-order chi connectivity index (χ0) is 18.5. The molecule has 0 atom stereocenters. The zero-order valence-corrected chi connectivity index (χ0v) is 15.4. The lowest BCUT2D eigenvalue weighted by Gasteiger charge is -2.13. The van der Waals surface area contributed by atoms with Gasteiger partial charge in [-0.3, -0.25) is 0 Å². The Morgan fingerprint density at radius 2 is 1.52 bits per heavy atom. The molecular weight excluding hydrogens is 364 g/mol. The second-order valence-corrected chi connectivity index (χ2v) is 8.93. The molecule has 0 aliphatic heterocycles. The summed E-state index contributed by atoms with van der Waals surface area (Å²) in [5.41, 5.74) is 0. The fraction of sp³-hybridized carbons (Fsp3) is 0.176. The molecule has 0 saturated carbocycles. The van der Waals surface area contributed by atoms with Crippen LogP contribution in [0.2, 0.25) is 0 Å². The van der Waals surface area contributed by atoms with E-state index in [-0.39, 0.29) is 22.1 Å². The van der Waals surface area contributed by atoms with Gasteiger partial charge in [-0.15, -0.1) is 0 Å². The Labute approximate surface area is 147 Å². The van der Waals surface area contributed by atoms with Gasteiger partial charge in [-0.2, -0.15) is 0 Å². The van der Waals surface area contributed by atoms with Crippen LogP contribution in [0.3, 0.4) is 0 Å². The summed E-state index contributed by atoms with van der Waals surface area (Å²) in [5, 5.41) is 0. The van der Waals surface area contributed by atoms with E-state index < -0.39 is 23.9 Å². The normalized spacial score (nSPS) is 12.6. The summed E-state index contributed by atoms with van der Waals surface area (Å²) in [6, 6.07) is 13.1. The summed E-state index contributed by atoms with van der Waals surface area (Å²) in [7, 11) is -7.40. The van der Waals surface area contributed by atoms with Crippen LogP contribution >= 0.6 is 0 Å². The number of sulfone groups is 2. The third-order valence-electron chi connectivity index (χ3n) is 3.29. The predicted octanol–water partition coefficient (Wildman–Crippen LogP) is 2.78. The van der Waals surface area contributed by atoms with Crippen molar-refractivity contribution in [2.24, 2.45) is 0 Å². The highest BCUT2D eigenvalue weighted by atomic mass is 32.3. The molecule has 8 heteroatoms. The van der Waals surface area contributed by atoms with Gasteiger partial charge in [0.1, 0.15) is 16.9 Å². The van der Waals surface area contributed by atoms with Crippen molar-refractivity contribution < 1.29 is 26.3 Å². The Hall–Kier alpha value is -2.32. The molecule has 0 fully saturated rings. The number of ether oxygens (including phenoxy) is 2. The maximum Gasteiger partial charge on any atom is 0.224 e. The predicted molar refractivity (Wildman–Crippen MR) is 93.5 cm³/mol. The minimum atomic E-state index is -4.40. The van der Waals surface area contributed by atoms with Crippen molar-refractivity contribution in [2.45, 2.75) is 16.7 Å². The number of hydrogen-bond acceptors (Lipinski definition) is 6. The van der Waals surface area contributed by atoms with Crippen molar-refractivity contribution in [3.63, 3.8) is 0 Å². The van der Waals surface area contributed by atoms with Crippen LogP contribution < -0.4 is 4.74 Å². The summed E-state index contributed by atoms with van der Waals surface area (Å²) < 4.78 is 61.1. The Morgan fingerprint density at radius 1 is 0.920 bits per heavy atom. The molecule has 0 aromatic heterocycles. The van der Waals surface area contributed by atoms with E-state index in [1.165, 1.54) is 49.6 Å². The minimum Gasteiger partial charge on any atom is -0.499 e. The highest BCUT2D eigenvalue weighted by Gasteiger charge is 2.36. The average molecular weight is 382 g/mol. The number of benzene rings is 2. The van der Waals surface area contributed by atoms with Crippen LogP contribution in [0.15, 0.2) is 74.9 Å². The standard InChI is InChI=1S/C17H18O6S2/c1-3-23-13-17(24(18,19)14-9-5-4-6-10-14)25(20,21)16-12-8-7-11-15(16)22-2/h4-13H,3H2,1-2H3. The lowest BCUT2D eigenvalue weighted by molar-refractivity contribution is 0.269. The summed E-state index contributed by atoms with van der Waals surface area (Å²) in [4.78, 5) is -0.387. The Kier molecular flexibility index (Phi) is 5.86. The van der Waals surface area contributed by atoms with Gasteiger partial charge in [0.15, 0.2) is 0 Å². The van der Waals surface area contributed by atoms with Gasteiger partial charge in [0.2, 0.25) is 23.9 Å². The van der Waals surface area contributed by atoms with E-state index >= 15 is 0 Å². The highest BCUT2D eigenvalue weighted by molar-refractivity contribution is 8.14. The maximum absolute atomic E-state index is 13.0. The van der Waals surface area contributed by atoms with Crippen molar-refractivity contribution in [1.29, 1.82) is 0 Å². The molecule has 0 spiro atoms. The van der Waals surface area contributed by atoms with Gasteiger partial charge in [0.05, 0.1) is 18.6 Å². The molecule has 2 rings (SSSR count). The molecule has 2 aromatic rings. The SMILES string of the molecule is CCOC=C(S(=O)(=O)c1ccccc1)S(=O)(=O)c1ccccc1OC. The van der Waals surface area contributed by atoms with E-state index in [0.29, 0.717) is 0 Å². The molecule has 0 radical (unpaired) electrons. The molecule has 0 saturated heterocycles. The number of methoxy groups -OCH3 is 1. The first kappa shape index (κ1) is 19.0. The van der Waals surface area contributed by atoms with Gasteiger partial charge in [-0.05, 0) is 31.2 Å². The van der Waals surface area contributed by atoms with Crippen molar-refractivity contribution in [3.8, 4) is 5.75 Å². The second kappa shape index (κ2) is 7.71. The van der Waals surface area contributed by atoms with Crippen molar-refractivity contribution in [3.05, 3.63) is 65.1 Å². The Bertz CT molecular complexity index is 961. The summed E-state index contributed by atoms with van der Waals surface area (Å²) in [6.45, 7) is 1.74. The van der Waals surface area contributed by atoms with Gasteiger partial charge < -0.3 is 9.47 Å². The number of hydrogen-bond donors (Lipinski definition) is 0. The molecule has 0 aliphatic carbocycles. The van der Waals surface area contributed by atoms with Crippen molar-refractivity contribution in [2.75, 3.05) is 13.7 Å². The number of rotatable bonds is 7. The van der Waals surface area contributed by atoms with Gasteiger partial charge in [-0.1, -0.05) is 30.3 Å². The summed E-state index contributed by atoms with van der Waals surface area (Å²) in [6.07, 6.45) is 0.768. The van der Waals surface area contributed by atoms with Crippen LogP contribution in [0, 0.1) is 0 Å². The molecule has 134 valence electrons. The third-order valence-corrected chi connectivity index (χ3v) is 7.67. The quantitative estimate of drug-likeness (QED) is 0.685. The van der Waals surface area contributed by atoms with E-state index in [4.69, 9.17) is 9.47 Å². The summed E-state index contributed by atoms with van der Waals surface area (Å²) in [5.74, 6) is 0.0492. The first-order chi connectivity index (χ1) is 11.9. The van der Waals surface area contributed by atoms with E-state index in [1.807, 2.05) is 0 Å². The fourth-order valence-electron chi connectivity index (χ4n) is 2.09. The topological polar surface area (TPSA) is 86.7 Å². The van der Waals surface area contributed by atoms with Crippen LogP contribution in [-0.2, 0) is 24.4 Å². The van der Waals surface area contributed by atoms with Gasteiger partial charge in [0.25, 0.3) is 0 Å². The largest absolute Gasteiger partial charge is 0.499 e. The molecule has 6 nitrogen and oxygen atoms in total. The average Bonchev–Trinajstić information content (AvgIpc) is 2.62. The van der Waals surface area contributed by atoms with Crippen LogP contribution in [0.1, 0.15) is 6.92 Å². The molecule has 25 heavy (non-hydrogen) atoms. The van der Waals surface area contributed by atoms with Gasteiger partial charge in [-0.25, -0.2) is 16.8 Å². The van der Waals surface area contributed by atoms with Crippen LogP contribution in [-0.4, -0.2) is 30.6 Å². The van der Waals surface area contributed by atoms with E-state index in [0.717, 1.165) is 6.26 Å². The minimum absolute atomic E-state index is 0.0492. The van der Waals surface area contributed by atoms with Crippen LogP contribution in [0.4, 0.5) is 0 Å². The number of para-hydroxylation sites is 1. The molecule has 0 bridgehead atoms. The summed E-state index contributed by atoms with van der Waals surface area (Å²) >= 11 is 0. The Morgan fingerprint density at radius 3 is 2.12 bits per heavy atom. The molecule has 0 N–H and O–H groups in total. The highest BCUT2D eigenvalue weighted by Crippen LogP contribution is 2.33. The molecule has 0 aliphatic rings. The van der Waals surface area contributed by atoms with Crippen molar-refractivity contribution in [1.82, 2.24) is 0 Å². The zero-order valence-electron chi connectivity index (χ0n) is 13.7. The van der Waals surface area contributed by atoms with Crippen LogP contribution in [0.25, 0.3) is 0 Å². The smallest absolute Gasteiger partial charge is 0.224 e. The Balaban J connectivity index is 2.71. The monoisotopic (exact) mass is 382 g/mol. The maximum atomic E-state index is 13.0. The van der Waals surface area contributed by atoms with E-state index in [1.54, 1.807) is 19.1 Å². The fourth-order valence-corrected chi connectivity index (χ4v) is 5.83. The molecule has 0 unspecified atom stereocenters. The van der Waals surface area contributed by atoms with Crippen molar-refractivity contribution >= 4 is 19.7 Å². The van der Waals surface area contributed by atoms with E-state index in [2.05, 4.69) is 0 Å². The lowest BCUT2D eigenvalue weighted by Crippen LogP contribution is -2.16. The van der Waals surface area contributed by atoms with Crippen LogP contribution in [0.5, 0.6) is 5.75 Å². The van der Waals surface area contributed by atoms with Gasteiger partial charge in [0, 0.05) is 0 Å². The van der Waals surface area contributed by atoms with E-state index in [9.17, 15) is 16.8 Å². The first-order valence-electron chi connectivity index (χ1n) is 7.35. The first-order valence-corrected chi connectivity index (χ1v) is 10.3. The molecule has 2 aromatic carbocycles. The molecule has 0 amide bonds.